The first-order valence-electron chi connectivity index (χ1n) is 5.12. The summed E-state index contributed by atoms with van der Waals surface area (Å²) in [6.45, 7) is 9.28. The van der Waals surface area contributed by atoms with Crippen molar-refractivity contribution in [3.05, 3.63) is 24.0 Å². The Morgan fingerprint density at radius 3 is 2.54 bits per heavy atom. The van der Waals surface area contributed by atoms with Crippen molar-refractivity contribution in [2.75, 3.05) is 0 Å². The number of aryl methyl sites for hydroxylation is 1. The van der Waals surface area contributed by atoms with Crippen LogP contribution >= 0.6 is 0 Å². The summed E-state index contributed by atoms with van der Waals surface area (Å²) in [5.41, 5.74) is 1.87. The van der Waals surface area contributed by atoms with Gasteiger partial charge in [0.05, 0.1) is 0 Å². The SMILES string of the molecule is CC(CCc1cc[nH]c1)C(C)(C)C. The third-order valence-electron chi connectivity index (χ3n) is 3.01. The molecule has 0 aliphatic carbocycles. The molecule has 1 heterocycles. The number of nitrogens with one attached hydrogen (secondary N) is 1. The van der Waals surface area contributed by atoms with E-state index in [0.29, 0.717) is 5.41 Å². The van der Waals surface area contributed by atoms with E-state index in [4.69, 9.17) is 0 Å². The molecule has 0 fully saturated rings. The molecule has 0 aromatic carbocycles. The largest absolute Gasteiger partial charge is 0.367 e. The minimum Gasteiger partial charge on any atom is -0.367 e. The Balaban J connectivity index is 2.35. The summed E-state index contributed by atoms with van der Waals surface area (Å²) in [5.74, 6) is 0.780. The normalized spacial score (nSPS) is 14.5. The monoisotopic (exact) mass is 179 g/mol. The number of H-pyrrole nitrogens is 1. The van der Waals surface area contributed by atoms with E-state index in [1.165, 1.54) is 18.4 Å². The zero-order valence-electron chi connectivity index (χ0n) is 9.22. The lowest BCUT2D eigenvalue weighted by Crippen LogP contribution is -2.17. The van der Waals surface area contributed by atoms with Crippen LogP contribution in [0.1, 0.15) is 39.7 Å². The Hall–Kier alpha value is -0.720. The standard InChI is InChI=1S/C12H21N/c1-10(12(2,3)4)5-6-11-7-8-13-9-11/h7-10,13H,5-6H2,1-4H3. The molecule has 13 heavy (non-hydrogen) atoms. The van der Waals surface area contributed by atoms with Crippen LogP contribution in [0.4, 0.5) is 0 Å². The number of rotatable bonds is 3. The van der Waals surface area contributed by atoms with Crippen LogP contribution in [0.25, 0.3) is 0 Å². The van der Waals surface area contributed by atoms with Crippen molar-refractivity contribution in [2.45, 2.75) is 40.5 Å². The maximum absolute atomic E-state index is 3.09. The van der Waals surface area contributed by atoms with Gasteiger partial charge in [-0.25, -0.2) is 0 Å². The molecule has 0 bridgehead atoms. The molecule has 1 nitrogen and oxygen atoms in total. The smallest absolute Gasteiger partial charge is 0.00373 e. The maximum Gasteiger partial charge on any atom is 0.00373 e. The van der Waals surface area contributed by atoms with E-state index >= 15 is 0 Å². The molecule has 0 aliphatic rings. The lowest BCUT2D eigenvalue weighted by atomic mass is 9.79. The van der Waals surface area contributed by atoms with Gasteiger partial charge < -0.3 is 4.98 Å². The highest BCUT2D eigenvalue weighted by Crippen LogP contribution is 2.28. The van der Waals surface area contributed by atoms with Crippen molar-refractivity contribution in [1.82, 2.24) is 4.98 Å². The predicted octanol–water partition coefficient (Wildman–Crippen LogP) is 3.63. The van der Waals surface area contributed by atoms with Gasteiger partial charge in [-0.1, -0.05) is 27.7 Å². The van der Waals surface area contributed by atoms with Gasteiger partial charge in [0.2, 0.25) is 0 Å². The molecule has 0 radical (unpaired) electrons. The van der Waals surface area contributed by atoms with Crippen LogP contribution in [0.5, 0.6) is 0 Å². The third kappa shape index (κ3) is 3.25. The molecule has 0 spiro atoms. The molecule has 1 unspecified atom stereocenters. The van der Waals surface area contributed by atoms with E-state index in [1.54, 1.807) is 0 Å². The number of aromatic amines is 1. The summed E-state index contributed by atoms with van der Waals surface area (Å²) in [6, 6.07) is 2.16. The molecular weight excluding hydrogens is 158 g/mol. The predicted molar refractivity (Wildman–Crippen MR) is 57.7 cm³/mol. The molecule has 1 atom stereocenters. The summed E-state index contributed by atoms with van der Waals surface area (Å²) in [5, 5.41) is 0. The molecule has 0 aliphatic heterocycles. The first kappa shape index (κ1) is 10.4. The van der Waals surface area contributed by atoms with Gasteiger partial charge in [-0.3, -0.25) is 0 Å². The van der Waals surface area contributed by atoms with Crippen LogP contribution in [0.2, 0.25) is 0 Å². The van der Waals surface area contributed by atoms with E-state index in [-0.39, 0.29) is 0 Å². The summed E-state index contributed by atoms with van der Waals surface area (Å²) >= 11 is 0. The van der Waals surface area contributed by atoms with Gasteiger partial charge in [-0.15, -0.1) is 0 Å². The van der Waals surface area contributed by atoms with Gasteiger partial charge in [-0.2, -0.15) is 0 Å². The van der Waals surface area contributed by atoms with Gasteiger partial charge in [0.1, 0.15) is 0 Å². The lowest BCUT2D eigenvalue weighted by molar-refractivity contribution is 0.247. The highest BCUT2D eigenvalue weighted by atomic mass is 14.6. The van der Waals surface area contributed by atoms with Crippen LogP contribution in [-0.2, 0) is 6.42 Å². The summed E-state index contributed by atoms with van der Waals surface area (Å²) in [4.78, 5) is 3.09. The molecule has 1 aromatic rings. The number of hydrogen-bond donors (Lipinski definition) is 1. The number of hydrogen-bond acceptors (Lipinski definition) is 0. The van der Waals surface area contributed by atoms with Crippen molar-refractivity contribution in [3.8, 4) is 0 Å². The van der Waals surface area contributed by atoms with Gasteiger partial charge in [0.25, 0.3) is 0 Å². The molecule has 74 valence electrons. The van der Waals surface area contributed by atoms with Crippen molar-refractivity contribution in [3.63, 3.8) is 0 Å². The van der Waals surface area contributed by atoms with Crippen molar-refractivity contribution < 1.29 is 0 Å². The van der Waals surface area contributed by atoms with Crippen molar-refractivity contribution in [2.24, 2.45) is 11.3 Å². The average molecular weight is 179 g/mol. The minimum atomic E-state index is 0.441. The molecule has 0 amide bonds. The van der Waals surface area contributed by atoms with Crippen molar-refractivity contribution >= 4 is 0 Å². The highest BCUT2D eigenvalue weighted by Gasteiger charge is 2.19. The van der Waals surface area contributed by atoms with Gasteiger partial charge in [0.15, 0.2) is 0 Å². The Morgan fingerprint density at radius 2 is 2.08 bits per heavy atom. The summed E-state index contributed by atoms with van der Waals surface area (Å²) in [7, 11) is 0. The Labute approximate surface area is 81.6 Å². The van der Waals surface area contributed by atoms with Crippen LogP contribution in [0.3, 0.4) is 0 Å². The van der Waals surface area contributed by atoms with E-state index in [2.05, 4.69) is 44.9 Å². The molecule has 1 N–H and O–H groups in total. The minimum absolute atomic E-state index is 0.441. The third-order valence-corrected chi connectivity index (χ3v) is 3.01. The van der Waals surface area contributed by atoms with E-state index < -0.39 is 0 Å². The fourth-order valence-electron chi connectivity index (χ4n) is 1.33. The lowest BCUT2D eigenvalue weighted by Gasteiger charge is -2.27. The topological polar surface area (TPSA) is 15.8 Å². The molecular formula is C12H21N. The van der Waals surface area contributed by atoms with E-state index in [1.807, 2.05) is 6.20 Å². The zero-order chi connectivity index (χ0) is 9.90. The van der Waals surface area contributed by atoms with Crippen molar-refractivity contribution in [1.29, 1.82) is 0 Å². The van der Waals surface area contributed by atoms with E-state index in [9.17, 15) is 0 Å². The Kier molecular flexibility index (Phi) is 3.18. The highest BCUT2D eigenvalue weighted by molar-refractivity contribution is 5.08. The molecule has 1 rings (SSSR count). The van der Waals surface area contributed by atoms with Gasteiger partial charge in [-0.05, 0) is 35.8 Å². The Bertz CT molecular complexity index is 228. The fourth-order valence-corrected chi connectivity index (χ4v) is 1.33. The van der Waals surface area contributed by atoms with Crippen LogP contribution < -0.4 is 0 Å². The Morgan fingerprint density at radius 1 is 1.38 bits per heavy atom. The van der Waals surface area contributed by atoms with Gasteiger partial charge in [0, 0.05) is 12.4 Å². The van der Waals surface area contributed by atoms with E-state index in [0.717, 1.165) is 5.92 Å². The molecule has 1 aromatic heterocycles. The second-order valence-corrected chi connectivity index (χ2v) is 5.03. The second-order valence-electron chi connectivity index (χ2n) is 5.03. The van der Waals surface area contributed by atoms with Crippen LogP contribution in [0, 0.1) is 11.3 Å². The average Bonchev–Trinajstić information content (AvgIpc) is 2.50. The van der Waals surface area contributed by atoms with Crippen LogP contribution in [-0.4, -0.2) is 4.98 Å². The first-order valence-corrected chi connectivity index (χ1v) is 5.12. The summed E-state index contributed by atoms with van der Waals surface area (Å²) in [6.07, 6.45) is 6.57. The maximum atomic E-state index is 3.09. The quantitative estimate of drug-likeness (QED) is 0.729. The number of aromatic nitrogens is 1. The molecule has 0 saturated carbocycles. The van der Waals surface area contributed by atoms with Gasteiger partial charge >= 0.3 is 0 Å². The zero-order valence-corrected chi connectivity index (χ0v) is 9.22. The molecule has 0 saturated heterocycles. The molecule has 1 heteroatoms. The van der Waals surface area contributed by atoms with Crippen LogP contribution in [0.15, 0.2) is 18.5 Å². The first-order chi connectivity index (χ1) is 6.00. The fraction of sp³-hybridized carbons (Fsp3) is 0.667. The summed E-state index contributed by atoms with van der Waals surface area (Å²) < 4.78 is 0. The second kappa shape index (κ2) is 3.99.